The number of ether oxygens (including phenoxy) is 2. The van der Waals surface area contributed by atoms with E-state index in [-0.39, 0.29) is 17.9 Å². The highest BCUT2D eigenvalue weighted by atomic mass is 32.1. The Kier molecular flexibility index (Phi) is 7.01. The van der Waals surface area contributed by atoms with Crippen molar-refractivity contribution in [2.45, 2.75) is 31.2 Å². The van der Waals surface area contributed by atoms with Gasteiger partial charge in [0.05, 0.1) is 26.2 Å². The molecule has 0 bridgehead atoms. The monoisotopic (exact) mass is 457 g/mol. The van der Waals surface area contributed by atoms with E-state index in [2.05, 4.69) is 10.2 Å². The van der Waals surface area contributed by atoms with Crippen molar-refractivity contribution in [1.82, 2.24) is 15.1 Å². The highest BCUT2D eigenvalue weighted by Crippen LogP contribution is 2.46. The quantitative estimate of drug-likeness (QED) is 0.616. The third-order valence-corrected chi connectivity index (χ3v) is 7.38. The van der Waals surface area contributed by atoms with E-state index in [1.165, 1.54) is 12.8 Å². The van der Waals surface area contributed by atoms with Crippen LogP contribution in [0.3, 0.4) is 0 Å². The van der Waals surface area contributed by atoms with E-state index in [9.17, 15) is 9.59 Å². The average Bonchev–Trinajstić information content (AvgIpc) is 3.52. The van der Waals surface area contributed by atoms with E-state index >= 15 is 0 Å². The molecule has 172 valence electrons. The minimum absolute atomic E-state index is 0.0716. The lowest BCUT2D eigenvalue weighted by molar-refractivity contribution is -0.124. The minimum atomic E-state index is -0.530. The maximum absolute atomic E-state index is 13.5. The molecular weight excluding hydrogens is 426 g/mol. The minimum Gasteiger partial charge on any atom is -0.493 e. The average molecular weight is 458 g/mol. The van der Waals surface area contributed by atoms with Gasteiger partial charge in [-0.05, 0) is 68.0 Å². The number of amides is 2. The first-order valence-corrected chi connectivity index (χ1v) is 12.0. The molecule has 4 rings (SSSR count). The van der Waals surface area contributed by atoms with Crippen molar-refractivity contribution in [1.29, 1.82) is 0 Å². The summed E-state index contributed by atoms with van der Waals surface area (Å²) in [5, 5.41) is 5.11. The lowest BCUT2D eigenvalue weighted by atomic mass is 9.81. The normalized spacial score (nSPS) is 20.8. The van der Waals surface area contributed by atoms with Crippen LogP contribution in [0, 0.1) is 0 Å². The number of hydrogen-bond acceptors (Lipinski definition) is 6. The Morgan fingerprint density at radius 3 is 2.56 bits per heavy atom. The summed E-state index contributed by atoms with van der Waals surface area (Å²) in [5.74, 6) is 0.265. The molecule has 2 aliphatic heterocycles. The maximum atomic E-state index is 13.5. The number of rotatable bonds is 8. The van der Waals surface area contributed by atoms with Gasteiger partial charge in [0, 0.05) is 24.0 Å². The van der Waals surface area contributed by atoms with Crippen molar-refractivity contribution in [2.24, 2.45) is 0 Å². The molecule has 32 heavy (non-hydrogen) atoms. The molecule has 1 saturated heterocycles. The van der Waals surface area contributed by atoms with Crippen molar-refractivity contribution in [3.05, 3.63) is 45.6 Å². The van der Waals surface area contributed by atoms with Gasteiger partial charge in [0.2, 0.25) is 5.91 Å². The number of nitrogens with one attached hydrogen (secondary N) is 1. The van der Waals surface area contributed by atoms with Gasteiger partial charge in [0.25, 0.3) is 5.91 Å². The van der Waals surface area contributed by atoms with Gasteiger partial charge in [0.1, 0.15) is 0 Å². The Balaban J connectivity index is 1.63. The van der Waals surface area contributed by atoms with Gasteiger partial charge in [0.15, 0.2) is 11.5 Å². The van der Waals surface area contributed by atoms with E-state index in [4.69, 9.17) is 9.47 Å². The molecule has 0 aliphatic carbocycles. The summed E-state index contributed by atoms with van der Waals surface area (Å²) < 4.78 is 10.9. The van der Waals surface area contributed by atoms with Crippen molar-refractivity contribution in [3.63, 3.8) is 0 Å². The molecule has 1 N–H and O–H groups in total. The number of hydrogen-bond donors (Lipinski definition) is 1. The zero-order valence-electron chi connectivity index (χ0n) is 18.9. The van der Waals surface area contributed by atoms with Gasteiger partial charge in [-0.3, -0.25) is 9.59 Å². The summed E-state index contributed by atoms with van der Waals surface area (Å²) in [7, 11) is 4.87. The Morgan fingerprint density at radius 1 is 1.19 bits per heavy atom. The predicted molar refractivity (Wildman–Crippen MR) is 125 cm³/mol. The summed E-state index contributed by atoms with van der Waals surface area (Å²) in [6.45, 7) is 3.92. The van der Waals surface area contributed by atoms with Crippen LogP contribution in [0.25, 0.3) is 0 Å². The van der Waals surface area contributed by atoms with Crippen LogP contribution >= 0.6 is 11.3 Å². The molecule has 0 spiro atoms. The Hall–Kier alpha value is -2.58. The van der Waals surface area contributed by atoms with E-state index in [0.29, 0.717) is 29.2 Å². The number of fused-ring (bicyclic) bond motifs is 1. The largest absolute Gasteiger partial charge is 0.493 e. The number of likely N-dealkylation sites (tertiary alicyclic amines) is 1. The third kappa shape index (κ3) is 4.34. The smallest absolute Gasteiger partial charge is 0.254 e. The number of carbonyl (C=O) groups excluding carboxylic acids is 2. The summed E-state index contributed by atoms with van der Waals surface area (Å²) in [5.41, 5.74) is 1.16. The Labute approximate surface area is 193 Å². The number of benzene rings is 1. The first kappa shape index (κ1) is 22.6. The fourth-order valence-electron chi connectivity index (χ4n) is 4.78. The van der Waals surface area contributed by atoms with Crippen LogP contribution in [0.1, 0.15) is 52.0 Å². The number of likely N-dealkylation sites (N-methyl/N-ethyl adjacent to an activating group) is 1. The van der Waals surface area contributed by atoms with Gasteiger partial charge in [-0.2, -0.15) is 0 Å². The molecule has 1 fully saturated rings. The van der Waals surface area contributed by atoms with Crippen LogP contribution in [-0.4, -0.2) is 69.1 Å². The zero-order valence-corrected chi connectivity index (χ0v) is 19.7. The van der Waals surface area contributed by atoms with Crippen molar-refractivity contribution >= 4 is 23.2 Å². The number of thiophene rings is 1. The van der Waals surface area contributed by atoms with Crippen LogP contribution < -0.4 is 14.8 Å². The van der Waals surface area contributed by atoms with Crippen molar-refractivity contribution in [3.8, 4) is 11.5 Å². The predicted octanol–water partition coefficient (Wildman–Crippen LogP) is 3.28. The highest BCUT2D eigenvalue weighted by Gasteiger charge is 2.44. The lowest BCUT2D eigenvalue weighted by Crippen LogP contribution is -2.45. The van der Waals surface area contributed by atoms with Crippen LogP contribution in [-0.2, 0) is 4.79 Å². The first-order chi connectivity index (χ1) is 15.5. The highest BCUT2D eigenvalue weighted by molar-refractivity contribution is 7.10. The van der Waals surface area contributed by atoms with E-state index < -0.39 is 5.92 Å². The molecule has 2 aromatic rings. The second kappa shape index (κ2) is 9.92. The van der Waals surface area contributed by atoms with E-state index in [0.717, 1.165) is 30.9 Å². The first-order valence-electron chi connectivity index (χ1n) is 11.1. The number of methoxy groups -OCH3 is 2. The van der Waals surface area contributed by atoms with E-state index in [1.807, 2.05) is 17.5 Å². The molecule has 0 radical (unpaired) electrons. The molecule has 0 saturated carbocycles. The van der Waals surface area contributed by atoms with Gasteiger partial charge >= 0.3 is 0 Å². The van der Waals surface area contributed by atoms with Gasteiger partial charge in [-0.15, -0.1) is 11.3 Å². The molecule has 7 nitrogen and oxygen atoms in total. The zero-order chi connectivity index (χ0) is 22.7. The van der Waals surface area contributed by atoms with E-state index in [1.54, 1.807) is 49.6 Å². The number of nitrogens with zero attached hydrogens (tertiary/aromatic N) is 2. The van der Waals surface area contributed by atoms with Crippen LogP contribution in [0.5, 0.6) is 11.5 Å². The topological polar surface area (TPSA) is 71.1 Å². The molecule has 0 unspecified atom stereocenters. The Bertz CT molecular complexity index is 956. The molecule has 2 aliphatic rings. The summed E-state index contributed by atoms with van der Waals surface area (Å²) in [4.78, 5) is 31.9. The van der Waals surface area contributed by atoms with Crippen LogP contribution in [0.4, 0.5) is 0 Å². The Morgan fingerprint density at radius 2 is 1.91 bits per heavy atom. The molecule has 1 aromatic heterocycles. The van der Waals surface area contributed by atoms with Gasteiger partial charge in [-0.25, -0.2) is 0 Å². The fraction of sp³-hybridized carbons (Fsp3) is 0.500. The van der Waals surface area contributed by atoms with Crippen LogP contribution in [0.2, 0.25) is 0 Å². The lowest BCUT2D eigenvalue weighted by Gasteiger charge is -2.39. The van der Waals surface area contributed by atoms with Crippen LogP contribution in [0.15, 0.2) is 29.6 Å². The molecule has 2 atom stereocenters. The number of carbonyl (C=O) groups is 2. The molecular formula is C24H31N3O4S. The van der Waals surface area contributed by atoms with Crippen molar-refractivity contribution in [2.75, 3.05) is 47.4 Å². The molecule has 3 heterocycles. The second-order valence-corrected chi connectivity index (χ2v) is 9.32. The summed E-state index contributed by atoms with van der Waals surface area (Å²) in [6, 6.07) is 7.04. The summed E-state index contributed by atoms with van der Waals surface area (Å²) >= 11 is 1.56. The maximum Gasteiger partial charge on any atom is 0.254 e. The molecule has 2 amide bonds. The third-order valence-electron chi connectivity index (χ3n) is 6.44. The summed E-state index contributed by atoms with van der Waals surface area (Å²) in [6.07, 6.45) is 3.44. The van der Waals surface area contributed by atoms with Crippen molar-refractivity contribution < 1.29 is 19.1 Å². The fourth-order valence-corrected chi connectivity index (χ4v) is 5.68. The van der Waals surface area contributed by atoms with Gasteiger partial charge < -0.3 is 24.6 Å². The SMILES string of the molecule is COc1cc2c(cc1OC)[C@@H](C(=O)NCCCN1CCCC1)[C@@H](c1cccs1)N(C)C2=O. The molecule has 8 heteroatoms. The molecule has 1 aromatic carbocycles. The second-order valence-electron chi connectivity index (χ2n) is 8.34. The standard InChI is InChI=1S/C24H31N3O4S/c1-26-22(20-8-6-13-32-20)21(23(28)25-9-7-12-27-10-4-5-11-27)16-14-18(30-2)19(31-3)15-17(16)24(26)29/h6,8,13-15,21-22H,4-5,7,9-12H2,1-3H3,(H,25,28)/t21-,22-/m1/s1. The van der Waals surface area contributed by atoms with Gasteiger partial charge in [-0.1, -0.05) is 6.07 Å².